The molecule has 0 aliphatic heterocycles. The molecule has 2 N–H and O–H groups in total. The molecule has 0 spiro atoms. The zero-order valence-electron chi connectivity index (χ0n) is 13.2. The molecule has 0 bridgehead atoms. The van der Waals surface area contributed by atoms with Crippen molar-refractivity contribution in [2.75, 3.05) is 32.3 Å². The fraction of sp³-hybridized carbons (Fsp3) is 0.533. The van der Waals surface area contributed by atoms with Crippen molar-refractivity contribution in [2.45, 2.75) is 25.7 Å². The second kappa shape index (κ2) is 12.0. The largest absolute Gasteiger partial charge is 0.550 e. The van der Waals surface area contributed by atoms with Gasteiger partial charge >= 0.3 is 0 Å². The van der Waals surface area contributed by atoms with E-state index < -0.39 is 0 Å². The number of benzene rings is 1. The van der Waals surface area contributed by atoms with Crippen molar-refractivity contribution < 1.29 is 52.2 Å². The molecule has 6 nitrogen and oxygen atoms in total. The van der Waals surface area contributed by atoms with Crippen LogP contribution in [0.1, 0.15) is 24.0 Å². The van der Waals surface area contributed by atoms with Crippen molar-refractivity contribution in [1.29, 1.82) is 0 Å². The summed E-state index contributed by atoms with van der Waals surface area (Å²) in [5, 5.41) is 10.0. The topological polar surface area (TPSA) is 82.8 Å². The molecule has 2 rings (SSSR count). The first-order valence-corrected chi connectivity index (χ1v) is 6.93. The number of aryl methyl sites for hydroxylation is 1. The number of amides is 1. The molecule has 0 atom stereocenters. The predicted molar refractivity (Wildman–Crippen MR) is 81.4 cm³/mol. The monoisotopic (exact) mass is 384 g/mol. The van der Waals surface area contributed by atoms with E-state index in [-0.39, 0.29) is 32.7 Å². The first-order chi connectivity index (χ1) is 10.2. The van der Waals surface area contributed by atoms with Gasteiger partial charge in [-0.1, -0.05) is 0 Å². The van der Waals surface area contributed by atoms with Gasteiger partial charge in [-0.15, -0.1) is 0 Å². The van der Waals surface area contributed by atoms with Gasteiger partial charge < -0.3 is 25.5 Å². The van der Waals surface area contributed by atoms with Gasteiger partial charge in [0.2, 0.25) is 6.41 Å². The summed E-state index contributed by atoms with van der Waals surface area (Å²) in [6, 6.07) is 3.69. The molecule has 22 heavy (non-hydrogen) atoms. The molecule has 1 amide bonds. The Kier molecular flexibility index (Phi) is 11.7. The van der Waals surface area contributed by atoms with Crippen molar-refractivity contribution in [1.82, 2.24) is 0 Å². The molecule has 121 valence electrons. The molecule has 7 heteroatoms. The van der Waals surface area contributed by atoms with Crippen LogP contribution in [0.5, 0.6) is 5.75 Å². The molecule has 0 heterocycles. The molecular weight excluding hydrogens is 361 g/mol. The first kappa shape index (κ1) is 21.5. The normalized spacial score (nSPS) is 12.3. The maximum absolute atomic E-state index is 11.1. The second-order valence-corrected chi connectivity index (χ2v) is 4.81. The summed E-state index contributed by atoms with van der Waals surface area (Å²) in [6.07, 6.45) is 4.97. The summed E-state index contributed by atoms with van der Waals surface area (Å²) in [4.78, 5) is 16.1. The smallest absolute Gasteiger partial charge is 0.214 e. The molecule has 0 saturated carbocycles. The van der Waals surface area contributed by atoms with Crippen molar-refractivity contribution in [3.05, 3.63) is 29.2 Å². The van der Waals surface area contributed by atoms with E-state index in [2.05, 4.69) is 4.84 Å². The third-order valence-electron chi connectivity index (χ3n) is 3.42. The quantitative estimate of drug-likeness (QED) is 0.625. The SMILES string of the molecule is COCCN(C=O)c1cc(O)c2c(c1)CCCC2.CO[NH-].[Y]. The molecule has 0 saturated heterocycles. The Balaban J connectivity index is 0.00000102. The molecule has 0 unspecified atom stereocenters. The number of nitrogens with one attached hydrogen (secondary N) is 1. The standard InChI is InChI=1S/C14H19NO3.CH4NO.Y/c1-18-7-6-15(10-16)12-8-11-4-2-3-5-13(11)14(17)9-12;1-3-2;/h8-10,17H,2-7H2,1H3;2H,1H3;/q;-1;. The third-order valence-corrected chi connectivity index (χ3v) is 3.42. The van der Waals surface area contributed by atoms with E-state index >= 15 is 0 Å². The maximum Gasteiger partial charge on any atom is 0.214 e. The summed E-state index contributed by atoms with van der Waals surface area (Å²) in [7, 11) is 2.90. The number of aromatic hydroxyl groups is 1. The number of carbonyl (C=O) groups excluding carboxylic acids is 1. The van der Waals surface area contributed by atoms with Crippen molar-refractivity contribution >= 4 is 12.1 Å². The molecule has 0 aromatic heterocycles. The van der Waals surface area contributed by atoms with Gasteiger partial charge in [0, 0.05) is 65.2 Å². The number of phenols is 1. The number of phenolic OH excluding ortho intramolecular Hbond substituents is 1. The van der Waals surface area contributed by atoms with E-state index in [0.29, 0.717) is 18.9 Å². The average Bonchev–Trinajstić information content (AvgIpc) is 2.49. The predicted octanol–water partition coefficient (Wildman–Crippen LogP) is 2.48. The summed E-state index contributed by atoms with van der Waals surface area (Å²) in [6.45, 7) is 0.981. The van der Waals surface area contributed by atoms with E-state index in [1.54, 1.807) is 18.1 Å². The van der Waals surface area contributed by atoms with E-state index in [0.717, 1.165) is 43.3 Å². The molecule has 1 aliphatic carbocycles. The van der Waals surface area contributed by atoms with Gasteiger partial charge in [-0.2, -0.15) is 0 Å². The molecular formula is C15H23N2O4Y-. The number of fused-ring (bicyclic) bond motifs is 1. The number of anilines is 1. The zero-order chi connectivity index (χ0) is 15.7. The molecule has 1 aromatic rings. The Hall–Kier alpha value is -0.526. The number of rotatable bonds is 5. The Bertz CT molecular complexity index is 457. The van der Waals surface area contributed by atoms with Gasteiger partial charge in [-0.3, -0.25) is 4.79 Å². The summed E-state index contributed by atoms with van der Waals surface area (Å²) < 4.78 is 4.98. The van der Waals surface area contributed by atoms with Crippen LogP contribution in [0.15, 0.2) is 12.1 Å². The van der Waals surface area contributed by atoms with Gasteiger partial charge in [0.05, 0.1) is 6.61 Å². The fourth-order valence-electron chi connectivity index (χ4n) is 2.43. The molecule has 1 aromatic carbocycles. The number of hydrogen-bond acceptors (Lipinski definition) is 4. The zero-order valence-corrected chi connectivity index (χ0v) is 16.0. The number of nitrogens with zero attached hydrogens (tertiary/aromatic N) is 1. The Labute approximate surface area is 156 Å². The Morgan fingerprint density at radius 1 is 1.32 bits per heavy atom. The van der Waals surface area contributed by atoms with Crippen LogP contribution in [0, 0.1) is 0 Å². The number of hydrogen-bond donors (Lipinski definition) is 1. The van der Waals surface area contributed by atoms with Gasteiger partial charge in [0.15, 0.2) is 0 Å². The second-order valence-electron chi connectivity index (χ2n) is 4.81. The number of carbonyl (C=O) groups is 1. The van der Waals surface area contributed by atoms with E-state index in [9.17, 15) is 9.90 Å². The summed E-state index contributed by atoms with van der Waals surface area (Å²) in [5.74, 6) is 6.02. The number of methoxy groups -OCH3 is 1. The van der Waals surface area contributed by atoms with Crippen LogP contribution in [0.4, 0.5) is 5.69 Å². The van der Waals surface area contributed by atoms with Gasteiger partial charge in [0.1, 0.15) is 5.75 Å². The van der Waals surface area contributed by atoms with E-state index in [1.807, 2.05) is 6.07 Å². The number of ether oxygens (including phenoxy) is 1. The average molecular weight is 384 g/mol. The first-order valence-electron chi connectivity index (χ1n) is 6.93. The minimum atomic E-state index is 0. The van der Waals surface area contributed by atoms with E-state index in [4.69, 9.17) is 10.6 Å². The van der Waals surface area contributed by atoms with Crippen LogP contribution < -0.4 is 4.90 Å². The van der Waals surface area contributed by atoms with Crippen LogP contribution in [-0.2, 0) is 59.9 Å². The Morgan fingerprint density at radius 3 is 2.55 bits per heavy atom. The third kappa shape index (κ3) is 6.30. The van der Waals surface area contributed by atoms with Crippen molar-refractivity contribution in [3.8, 4) is 5.75 Å². The minimum Gasteiger partial charge on any atom is -0.550 e. The van der Waals surface area contributed by atoms with Gasteiger partial charge in [-0.05, 0) is 42.9 Å². The van der Waals surface area contributed by atoms with Crippen LogP contribution in [0.3, 0.4) is 0 Å². The van der Waals surface area contributed by atoms with Crippen LogP contribution in [-0.4, -0.2) is 38.9 Å². The molecule has 1 aliphatic rings. The van der Waals surface area contributed by atoms with Crippen molar-refractivity contribution in [3.63, 3.8) is 0 Å². The van der Waals surface area contributed by atoms with Crippen molar-refractivity contribution in [2.24, 2.45) is 0 Å². The van der Waals surface area contributed by atoms with Crippen LogP contribution in [0.2, 0.25) is 0 Å². The Morgan fingerprint density at radius 2 is 1.95 bits per heavy atom. The van der Waals surface area contributed by atoms with Gasteiger partial charge in [-0.25, -0.2) is 0 Å². The summed E-state index contributed by atoms with van der Waals surface area (Å²) >= 11 is 0. The van der Waals surface area contributed by atoms with Gasteiger partial charge in [0.25, 0.3) is 0 Å². The summed E-state index contributed by atoms with van der Waals surface area (Å²) in [5.41, 5.74) is 2.96. The van der Waals surface area contributed by atoms with Crippen LogP contribution >= 0.6 is 0 Å². The minimum absolute atomic E-state index is 0. The maximum atomic E-state index is 11.1. The molecule has 0 fully saturated rings. The van der Waals surface area contributed by atoms with Crippen LogP contribution in [0.25, 0.3) is 5.90 Å². The van der Waals surface area contributed by atoms with E-state index in [1.165, 1.54) is 12.7 Å². The fourth-order valence-corrected chi connectivity index (χ4v) is 2.43. The molecule has 1 radical (unpaired) electrons.